The van der Waals surface area contributed by atoms with Crippen LogP contribution in [0.3, 0.4) is 0 Å². The largest absolute Gasteiger partial charge is 0.478 e. The standard InChI is InChI=1S/C21H23N3O4/c1-14-17(19(25)24-11-2-3-12-24)5-4-6-18(14)23-21(28)22-13-15-7-9-16(10-8-15)20(26)27/h4-10H,2-3,11-13H2,1H3,(H,26,27)(H2,22,23,28). The number of carbonyl (C=O) groups is 3. The lowest BCUT2D eigenvalue weighted by molar-refractivity contribution is 0.0696. The van der Waals surface area contributed by atoms with Crippen molar-refractivity contribution >= 4 is 23.6 Å². The summed E-state index contributed by atoms with van der Waals surface area (Å²) in [5.74, 6) is -0.992. The van der Waals surface area contributed by atoms with Crippen LogP contribution in [0.4, 0.5) is 10.5 Å². The Labute approximate surface area is 163 Å². The average Bonchev–Trinajstić information content (AvgIpc) is 3.22. The number of hydrogen-bond acceptors (Lipinski definition) is 3. The maximum atomic E-state index is 12.6. The van der Waals surface area contributed by atoms with Crippen molar-refractivity contribution in [3.63, 3.8) is 0 Å². The Morgan fingerprint density at radius 1 is 1.04 bits per heavy atom. The first-order valence-electron chi connectivity index (χ1n) is 9.21. The Bertz CT molecular complexity index is 887. The van der Waals surface area contributed by atoms with E-state index in [1.54, 1.807) is 30.3 Å². The maximum absolute atomic E-state index is 12.6. The summed E-state index contributed by atoms with van der Waals surface area (Å²) in [5, 5.41) is 14.4. The summed E-state index contributed by atoms with van der Waals surface area (Å²) in [6, 6.07) is 11.2. The first-order chi connectivity index (χ1) is 13.5. The normalized spacial score (nSPS) is 13.2. The number of carboxylic acids is 1. The molecule has 0 aromatic heterocycles. The highest BCUT2D eigenvalue weighted by Crippen LogP contribution is 2.22. The van der Waals surface area contributed by atoms with Gasteiger partial charge in [-0.2, -0.15) is 0 Å². The Balaban J connectivity index is 1.61. The van der Waals surface area contributed by atoms with Crippen LogP contribution in [0.5, 0.6) is 0 Å². The van der Waals surface area contributed by atoms with Gasteiger partial charge in [-0.3, -0.25) is 4.79 Å². The molecular formula is C21H23N3O4. The summed E-state index contributed by atoms with van der Waals surface area (Å²) >= 11 is 0. The molecule has 3 N–H and O–H groups in total. The zero-order chi connectivity index (χ0) is 20.1. The highest BCUT2D eigenvalue weighted by Gasteiger charge is 2.22. The van der Waals surface area contributed by atoms with Crippen molar-refractivity contribution < 1.29 is 19.5 Å². The van der Waals surface area contributed by atoms with Crippen LogP contribution in [-0.4, -0.2) is 41.0 Å². The van der Waals surface area contributed by atoms with Crippen LogP contribution in [0, 0.1) is 6.92 Å². The van der Waals surface area contributed by atoms with Crippen LogP contribution < -0.4 is 10.6 Å². The lowest BCUT2D eigenvalue weighted by atomic mass is 10.1. The van der Waals surface area contributed by atoms with E-state index in [4.69, 9.17) is 5.11 Å². The van der Waals surface area contributed by atoms with E-state index < -0.39 is 12.0 Å². The summed E-state index contributed by atoms with van der Waals surface area (Å²) in [6.45, 7) is 3.63. The molecule has 7 nitrogen and oxygen atoms in total. The molecular weight excluding hydrogens is 358 g/mol. The molecule has 146 valence electrons. The number of carbonyl (C=O) groups excluding carboxylic acids is 2. The Morgan fingerprint density at radius 3 is 2.36 bits per heavy atom. The highest BCUT2D eigenvalue weighted by molar-refractivity contribution is 5.99. The van der Waals surface area contributed by atoms with Crippen LogP contribution in [0.1, 0.15) is 44.7 Å². The topological polar surface area (TPSA) is 98.7 Å². The zero-order valence-corrected chi connectivity index (χ0v) is 15.7. The molecule has 7 heteroatoms. The van der Waals surface area contributed by atoms with Gasteiger partial charge in [-0.1, -0.05) is 18.2 Å². The SMILES string of the molecule is Cc1c(NC(=O)NCc2ccc(C(=O)O)cc2)cccc1C(=O)N1CCCC1. The van der Waals surface area contributed by atoms with Crippen molar-refractivity contribution in [3.05, 3.63) is 64.7 Å². The molecule has 0 atom stereocenters. The number of anilines is 1. The van der Waals surface area contributed by atoms with Crippen molar-refractivity contribution in [2.45, 2.75) is 26.3 Å². The Morgan fingerprint density at radius 2 is 1.71 bits per heavy atom. The fraction of sp³-hybridized carbons (Fsp3) is 0.286. The summed E-state index contributed by atoms with van der Waals surface area (Å²) < 4.78 is 0. The van der Waals surface area contributed by atoms with E-state index in [2.05, 4.69) is 10.6 Å². The fourth-order valence-corrected chi connectivity index (χ4v) is 3.21. The van der Waals surface area contributed by atoms with Crippen molar-refractivity contribution in [1.82, 2.24) is 10.2 Å². The van der Waals surface area contributed by atoms with Crippen molar-refractivity contribution in [2.75, 3.05) is 18.4 Å². The second kappa shape index (κ2) is 8.56. The minimum absolute atomic E-state index is 0.00224. The molecule has 2 aromatic carbocycles. The number of amides is 3. The molecule has 1 saturated heterocycles. The minimum atomic E-state index is -0.990. The molecule has 1 heterocycles. The number of hydrogen-bond donors (Lipinski definition) is 3. The quantitative estimate of drug-likeness (QED) is 0.740. The molecule has 3 rings (SSSR count). The van der Waals surface area contributed by atoms with Gasteiger partial charge in [0.05, 0.1) is 5.56 Å². The number of benzene rings is 2. The predicted octanol–water partition coefficient (Wildman–Crippen LogP) is 3.25. The Hall–Kier alpha value is -3.35. The van der Waals surface area contributed by atoms with Gasteiger partial charge in [0.25, 0.3) is 5.91 Å². The molecule has 1 aliphatic rings. The van der Waals surface area contributed by atoms with Crippen molar-refractivity contribution in [3.8, 4) is 0 Å². The minimum Gasteiger partial charge on any atom is -0.478 e. The summed E-state index contributed by atoms with van der Waals surface area (Å²) in [6.07, 6.45) is 2.05. The molecule has 0 bridgehead atoms. The molecule has 3 amide bonds. The zero-order valence-electron chi connectivity index (χ0n) is 15.7. The third kappa shape index (κ3) is 4.49. The number of nitrogens with one attached hydrogen (secondary N) is 2. The fourth-order valence-electron chi connectivity index (χ4n) is 3.21. The van der Waals surface area contributed by atoms with Crippen LogP contribution in [0.15, 0.2) is 42.5 Å². The monoisotopic (exact) mass is 381 g/mol. The number of urea groups is 1. The molecule has 0 radical (unpaired) electrons. The molecule has 0 saturated carbocycles. The third-order valence-electron chi connectivity index (χ3n) is 4.86. The number of carboxylic acid groups (broad SMARTS) is 1. The van der Waals surface area contributed by atoms with Gasteiger partial charge >= 0.3 is 12.0 Å². The van der Waals surface area contributed by atoms with Crippen LogP contribution in [0.2, 0.25) is 0 Å². The van der Waals surface area contributed by atoms with Crippen molar-refractivity contribution in [2.24, 2.45) is 0 Å². The lowest BCUT2D eigenvalue weighted by Crippen LogP contribution is -2.30. The lowest BCUT2D eigenvalue weighted by Gasteiger charge is -2.18. The van der Waals surface area contributed by atoms with E-state index in [0.29, 0.717) is 11.3 Å². The van der Waals surface area contributed by atoms with E-state index in [-0.39, 0.29) is 18.0 Å². The second-order valence-electron chi connectivity index (χ2n) is 6.79. The van der Waals surface area contributed by atoms with Gasteiger partial charge in [0, 0.05) is 30.9 Å². The molecule has 0 spiro atoms. The first-order valence-corrected chi connectivity index (χ1v) is 9.21. The molecule has 0 unspecified atom stereocenters. The third-order valence-corrected chi connectivity index (χ3v) is 4.86. The van der Waals surface area contributed by atoms with Crippen molar-refractivity contribution in [1.29, 1.82) is 0 Å². The van der Waals surface area contributed by atoms with Gasteiger partial charge in [-0.15, -0.1) is 0 Å². The Kier molecular flexibility index (Phi) is 5.93. The van der Waals surface area contributed by atoms with E-state index in [1.807, 2.05) is 11.8 Å². The number of nitrogens with zero attached hydrogens (tertiary/aromatic N) is 1. The number of rotatable bonds is 5. The maximum Gasteiger partial charge on any atom is 0.335 e. The molecule has 2 aromatic rings. The van der Waals surface area contributed by atoms with Gasteiger partial charge in [-0.05, 0) is 55.2 Å². The smallest absolute Gasteiger partial charge is 0.335 e. The average molecular weight is 381 g/mol. The van der Waals surface area contributed by atoms with Gasteiger partial charge < -0.3 is 20.6 Å². The van der Waals surface area contributed by atoms with Gasteiger partial charge in [0.15, 0.2) is 0 Å². The van der Waals surface area contributed by atoms with E-state index >= 15 is 0 Å². The summed E-state index contributed by atoms with van der Waals surface area (Å²) in [7, 11) is 0. The van der Waals surface area contributed by atoms with Crippen LogP contribution in [0.25, 0.3) is 0 Å². The molecule has 28 heavy (non-hydrogen) atoms. The molecule has 1 aliphatic heterocycles. The van der Waals surface area contributed by atoms with Crippen LogP contribution >= 0.6 is 0 Å². The molecule has 1 fully saturated rings. The summed E-state index contributed by atoms with van der Waals surface area (Å²) in [5.41, 5.74) is 2.91. The summed E-state index contributed by atoms with van der Waals surface area (Å²) in [4.78, 5) is 37.6. The van der Waals surface area contributed by atoms with E-state index in [0.717, 1.165) is 37.1 Å². The molecule has 0 aliphatic carbocycles. The van der Waals surface area contributed by atoms with Gasteiger partial charge in [0.1, 0.15) is 0 Å². The van der Waals surface area contributed by atoms with E-state index in [9.17, 15) is 14.4 Å². The highest BCUT2D eigenvalue weighted by atomic mass is 16.4. The predicted molar refractivity (Wildman–Crippen MR) is 106 cm³/mol. The van der Waals surface area contributed by atoms with Crippen LogP contribution in [-0.2, 0) is 6.54 Å². The second-order valence-corrected chi connectivity index (χ2v) is 6.79. The van der Waals surface area contributed by atoms with Gasteiger partial charge in [-0.25, -0.2) is 9.59 Å². The van der Waals surface area contributed by atoms with E-state index in [1.165, 1.54) is 12.1 Å². The number of aromatic carboxylic acids is 1. The van der Waals surface area contributed by atoms with Gasteiger partial charge in [0.2, 0.25) is 0 Å². The number of likely N-dealkylation sites (tertiary alicyclic amines) is 1. The first kappa shape index (κ1) is 19.4.